The molecule has 7 nitrogen and oxygen atoms in total. The zero-order chi connectivity index (χ0) is 44.7. The summed E-state index contributed by atoms with van der Waals surface area (Å²) in [5.74, 6) is 2.59. The van der Waals surface area contributed by atoms with Gasteiger partial charge in [0.15, 0.2) is 0 Å². The maximum absolute atomic E-state index is 13.3. The smallest absolute Gasteiger partial charge is 0.306 e. The molecule has 5 aliphatic heterocycles. The molecule has 0 amide bonds. The lowest BCUT2D eigenvalue weighted by Crippen LogP contribution is -2.16. The summed E-state index contributed by atoms with van der Waals surface area (Å²) in [7, 11) is 0. The van der Waals surface area contributed by atoms with Gasteiger partial charge < -0.3 is 15.2 Å². The number of carbonyl (C=O) groups excluding carboxylic acids is 1. The number of rotatable bonds is 20. The Morgan fingerprint density at radius 1 is 0.903 bits per heavy atom. The van der Waals surface area contributed by atoms with Gasteiger partial charge in [0.1, 0.15) is 12.4 Å². The summed E-state index contributed by atoms with van der Waals surface area (Å²) in [6.07, 6.45) is 27.9. The highest BCUT2D eigenvalue weighted by atomic mass is 16.5. The molecule has 2 N–H and O–H groups in total. The lowest BCUT2D eigenvalue weighted by Gasteiger charge is -2.17. The molecular formula is C55H74N4O3. The SMILES string of the molecule is C=C/C=C\C1=C(C)C2=NC1=CC1=NC(=CC3=C(C)C4=C(O)CC(=C5NC(=C2)[C@@H](C)[C@@H]5CCC(=O)OC/C=C(\C)CCC[C@H](C)CCC[C@H](C)CCCC(C)C)C4=N3)C(CC)=C1C. The van der Waals surface area contributed by atoms with Crippen LogP contribution in [0.4, 0.5) is 0 Å². The maximum Gasteiger partial charge on any atom is 0.306 e. The molecule has 0 radical (unpaired) electrons. The molecule has 5 heterocycles. The van der Waals surface area contributed by atoms with Crippen molar-refractivity contribution in [2.75, 3.05) is 6.61 Å². The fraction of sp³-hybridized carbons (Fsp3) is 0.527. The van der Waals surface area contributed by atoms with Gasteiger partial charge in [0, 0.05) is 52.8 Å². The summed E-state index contributed by atoms with van der Waals surface area (Å²) >= 11 is 0. The predicted molar refractivity (Wildman–Crippen MR) is 260 cm³/mol. The maximum atomic E-state index is 13.3. The van der Waals surface area contributed by atoms with Gasteiger partial charge in [-0.1, -0.05) is 117 Å². The number of hydrogen-bond acceptors (Lipinski definition) is 7. The highest BCUT2D eigenvalue weighted by Gasteiger charge is 2.41. The van der Waals surface area contributed by atoms with Crippen molar-refractivity contribution >= 4 is 23.1 Å². The number of nitrogens with one attached hydrogen (secondary N) is 1. The van der Waals surface area contributed by atoms with Gasteiger partial charge >= 0.3 is 5.97 Å². The summed E-state index contributed by atoms with van der Waals surface area (Å²) in [6, 6.07) is 0. The fourth-order valence-corrected chi connectivity index (χ4v) is 9.93. The quantitative estimate of drug-likeness (QED) is 0.0725. The molecule has 6 aliphatic rings. The van der Waals surface area contributed by atoms with Crippen LogP contribution in [0.5, 0.6) is 0 Å². The molecule has 0 aromatic carbocycles. The number of ether oxygens (including phenoxy) is 1. The largest absolute Gasteiger partial charge is 0.511 e. The number of fused-ring (bicyclic) bond motifs is 5. The van der Waals surface area contributed by atoms with Crippen molar-refractivity contribution in [3.05, 3.63) is 128 Å². The topological polar surface area (TPSA) is 95.6 Å². The molecule has 8 bridgehead atoms. The molecule has 332 valence electrons. The lowest BCUT2D eigenvalue weighted by atomic mass is 9.86. The molecule has 0 unspecified atom stereocenters. The standard InChI is InChI=1S/C55H74N4O3/c1-12-14-24-42-38(9)45-30-47-39(10)43(25-26-52(61)62-28-27-36(7)23-17-22-35(6)21-16-20-34(5)19-15-18-33(3)4)54(58-47)44-29-51(60)53-40(11)48(59-55(44)53)32-49-41(13-2)37(8)46(56-49)31-50(42)57-45/h12,14,24,27,30-35,39,43,58,60H,1,13,15-23,25-26,28-29H2,2-11H3/b24-14-,36-27+,47-30?,49-32?,50-31?,54-44?/t34-,35-,39+,43+/m1/s1. The average molecular weight is 839 g/mol. The monoisotopic (exact) mass is 839 g/mol. The lowest BCUT2D eigenvalue weighted by molar-refractivity contribution is -0.142. The van der Waals surface area contributed by atoms with Crippen LogP contribution in [0.15, 0.2) is 143 Å². The van der Waals surface area contributed by atoms with Gasteiger partial charge in [0.05, 0.1) is 34.2 Å². The van der Waals surface area contributed by atoms with Crippen molar-refractivity contribution in [3.63, 3.8) is 0 Å². The van der Waals surface area contributed by atoms with E-state index in [1.165, 1.54) is 62.5 Å². The Morgan fingerprint density at radius 3 is 2.27 bits per heavy atom. The third-order valence-corrected chi connectivity index (χ3v) is 14.0. The molecule has 0 aromatic heterocycles. The Balaban J connectivity index is 1.14. The molecule has 1 saturated heterocycles. The third kappa shape index (κ3) is 10.9. The van der Waals surface area contributed by atoms with E-state index in [2.05, 4.69) is 105 Å². The highest BCUT2D eigenvalue weighted by Crippen LogP contribution is 2.46. The summed E-state index contributed by atoms with van der Waals surface area (Å²) in [5, 5.41) is 15.3. The number of nitrogens with zero attached hydrogens (tertiary/aromatic N) is 3. The van der Waals surface area contributed by atoms with Crippen LogP contribution in [-0.4, -0.2) is 34.8 Å². The van der Waals surface area contributed by atoms with Gasteiger partial charge in [0.25, 0.3) is 0 Å². The zero-order valence-corrected chi connectivity index (χ0v) is 39.6. The van der Waals surface area contributed by atoms with Crippen LogP contribution >= 0.6 is 0 Å². The molecule has 62 heavy (non-hydrogen) atoms. The number of aliphatic hydroxyl groups excluding tert-OH is 1. The Bertz CT molecular complexity index is 2220. The van der Waals surface area contributed by atoms with Crippen LogP contribution in [0, 0.1) is 29.6 Å². The van der Waals surface area contributed by atoms with Crippen LogP contribution < -0.4 is 5.32 Å². The predicted octanol–water partition coefficient (Wildman–Crippen LogP) is 14.1. The van der Waals surface area contributed by atoms with Crippen molar-refractivity contribution in [1.29, 1.82) is 0 Å². The van der Waals surface area contributed by atoms with Crippen LogP contribution in [0.1, 0.15) is 153 Å². The minimum Gasteiger partial charge on any atom is -0.511 e. The normalized spacial score (nSPS) is 22.1. The molecule has 0 saturated carbocycles. The van der Waals surface area contributed by atoms with Crippen LogP contribution in [0.2, 0.25) is 0 Å². The Morgan fingerprint density at radius 2 is 1.58 bits per heavy atom. The van der Waals surface area contributed by atoms with Gasteiger partial charge in [-0.3, -0.25) is 4.79 Å². The molecule has 4 atom stereocenters. The van der Waals surface area contributed by atoms with Gasteiger partial charge in [-0.25, -0.2) is 15.0 Å². The number of hydrogen-bond donors (Lipinski definition) is 2. The summed E-state index contributed by atoms with van der Waals surface area (Å²) < 4.78 is 5.81. The van der Waals surface area contributed by atoms with Crippen molar-refractivity contribution in [2.24, 2.45) is 44.6 Å². The second-order valence-electron chi connectivity index (χ2n) is 19.3. The van der Waals surface area contributed by atoms with Crippen LogP contribution in [-0.2, 0) is 9.53 Å². The summed E-state index contributed by atoms with van der Waals surface area (Å²) in [4.78, 5) is 28.9. The van der Waals surface area contributed by atoms with E-state index in [0.717, 1.165) is 110 Å². The van der Waals surface area contributed by atoms with E-state index in [1.54, 1.807) is 6.08 Å². The summed E-state index contributed by atoms with van der Waals surface area (Å²) in [5.41, 5.74) is 15.7. The summed E-state index contributed by atoms with van der Waals surface area (Å²) in [6.45, 7) is 26.5. The van der Waals surface area contributed by atoms with E-state index in [1.807, 2.05) is 13.0 Å². The van der Waals surface area contributed by atoms with Gasteiger partial charge in [0.2, 0.25) is 0 Å². The van der Waals surface area contributed by atoms with E-state index >= 15 is 0 Å². The number of aliphatic hydroxyl groups is 1. The minimum atomic E-state index is -0.190. The Kier molecular flexibility index (Phi) is 15.9. The van der Waals surface area contributed by atoms with Gasteiger partial charge in [-0.05, 0) is 118 Å². The molecule has 7 heteroatoms. The highest BCUT2D eigenvalue weighted by molar-refractivity contribution is 6.21. The van der Waals surface area contributed by atoms with E-state index in [9.17, 15) is 9.90 Å². The molecule has 1 aliphatic carbocycles. The molecule has 0 spiro atoms. The number of aliphatic imine (C=N–C) groups is 3. The van der Waals surface area contributed by atoms with Crippen molar-refractivity contribution in [1.82, 2.24) is 5.32 Å². The van der Waals surface area contributed by atoms with Crippen molar-refractivity contribution in [2.45, 2.75) is 153 Å². The number of esters is 1. The number of carbonyl (C=O) groups is 1. The second-order valence-corrected chi connectivity index (χ2v) is 19.3. The zero-order valence-electron chi connectivity index (χ0n) is 39.6. The van der Waals surface area contributed by atoms with E-state index in [-0.39, 0.29) is 17.8 Å². The van der Waals surface area contributed by atoms with Gasteiger partial charge in [-0.15, -0.1) is 0 Å². The molecular weight excluding hydrogens is 765 g/mol. The second kappa shape index (κ2) is 21.1. The third-order valence-electron chi connectivity index (χ3n) is 14.0. The first-order valence-corrected chi connectivity index (χ1v) is 23.8. The first-order valence-electron chi connectivity index (χ1n) is 23.8. The fourth-order valence-electron chi connectivity index (χ4n) is 9.93. The first-order chi connectivity index (χ1) is 29.7. The first kappa shape index (κ1) is 46.7. The van der Waals surface area contributed by atoms with E-state index in [0.29, 0.717) is 31.6 Å². The van der Waals surface area contributed by atoms with Crippen molar-refractivity contribution < 1.29 is 14.6 Å². The number of allylic oxidation sites excluding steroid dienone is 15. The molecule has 1 fully saturated rings. The van der Waals surface area contributed by atoms with Gasteiger partial charge in [-0.2, -0.15) is 0 Å². The Labute approximate surface area is 373 Å². The minimum absolute atomic E-state index is 0.00956. The van der Waals surface area contributed by atoms with E-state index < -0.39 is 0 Å². The van der Waals surface area contributed by atoms with E-state index in [4.69, 9.17) is 19.7 Å². The molecule has 6 rings (SSSR count). The Hall–Kier alpha value is -4.78. The van der Waals surface area contributed by atoms with Crippen LogP contribution in [0.3, 0.4) is 0 Å². The average Bonchev–Trinajstić information content (AvgIpc) is 3.98. The molecule has 0 aromatic rings. The van der Waals surface area contributed by atoms with Crippen molar-refractivity contribution in [3.8, 4) is 0 Å². The van der Waals surface area contributed by atoms with Crippen LogP contribution in [0.25, 0.3) is 0 Å².